The predicted octanol–water partition coefficient (Wildman–Crippen LogP) is 4.88. The fraction of sp³-hybridized carbons (Fsp3) is 0.517. The zero-order chi connectivity index (χ0) is 27.1. The highest BCUT2D eigenvalue weighted by Gasteiger charge is 2.42. The minimum atomic E-state index is -0.588. The van der Waals surface area contributed by atoms with Crippen molar-refractivity contribution in [3.8, 4) is 0 Å². The molecule has 1 aliphatic carbocycles. The maximum Gasteiger partial charge on any atom is 0.253 e. The number of piperidine rings is 1. The van der Waals surface area contributed by atoms with Gasteiger partial charge in [0.2, 0.25) is 0 Å². The Balaban J connectivity index is 1.30. The molecule has 3 aliphatic rings. The van der Waals surface area contributed by atoms with E-state index in [0.717, 1.165) is 50.8 Å². The Kier molecular flexibility index (Phi) is 7.36. The molecule has 2 unspecified atom stereocenters. The molecular weight excluding hydrogens is 502 g/mol. The molecule has 2 bridgehead atoms. The summed E-state index contributed by atoms with van der Waals surface area (Å²) >= 11 is 6.74. The topological polar surface area (TPSA) is 117 Å². The van der Waals surface area contributed by atoms with E-state index in [4.69, 9.17) is 17.3 Å². The van der Waals surface area contributed by atoms with Gasteiger partial charge in [-0.25, -0.2) is 4.98 Å². The number of halogens is 1. The van der Waals surface area contributed by atoms with Crippen molar-refractivity contribution < 1.29 is 14.4 Å². The molecule has 202 valence electrons. The lowest BCUT2D eigenvalue weighted by Gasteiger charge is -2.40. The maximum absolute atomic E-state index is 13.5. The summed E-state index contributed by atoms with van der Waals surface area (Å²) < 4.78 is 0. The zero-order valence-corrected chi connectivity index (χ0v) is 23.0. The first-order chi connectivity index (χ1) is 18.2. The fourth-order valence-corrected chi connectivity index (χ4v) is 6.32. The molecule has 2 saturated heterocycles. The summed E-state index contributed by atoms with van der Waals surface area (Å²) in [5.41, 5.74) is 7.99. The van der Waals surface area contributed by atoms with Crippen LogP contribution in [0.4, 0.5) is 11.5 Å². The van der Waals surface area contributed by atoms with Crippen molar-refractivity contribution in [3.63, 3.8) is 0 Å². The van der Waals surface area contributed by atoms with Gasteiger partial charge in [-0.15, -0.1) is 0 Å². The lowest BCUT2D eigenvalue weighted by molar-refractivity contribution is 0.0923. The molecule has 3 fully saturated rings. The Morgan fingerprint density at radius 1 is 1.16 bits per heavy atom. The molecule has 0 radical (unpaired) electrons. The van der Waals surface area contributed by atoms with Crippen LogP contribution in [0.15, 0.2) is 24.4 Å². The van der Waals surface area contributed by atoms with Crippen molar-refractivity contribution in [2.24, 2.45) is 11.7 Å². The van der Waals surface area contributed by atoms with E-state index in [0.29, 0.717) is 22.4 Å². The van der Waals surface area contributed by atoms with Gasteiger partial charge in [-0.05, 0) is 82.6 Å². The first kappa shape index (κ1) is 26.5. The van der Waals surface area contributed by atoms with E-state index in [-0.39, 0.29) is 52.4 Å². The number of nitrogens with zero attached hydrogens (tertiary/aromatic N) is 2. The van der Waals surface area contributed by atoms with Crippen LogP contribution in [-0.2, 0) is 0 Å². The van der Waals surface area contributed by atoms with E-state index < -0.39 is 5.91 Å². The number of hydrogen-bond donors (Lipinski definition) is 3. The standard InChI is InChI=1S/C29H36ClN5O3/c1-4-16(3)33-26-22(28(31)37)11-15(2)24(25(26)30)29(38)34-19-12-20-8-9-21(13-19)35(20)23-10-7-18(14-32-23)27(36)17-5-6-17/h7,10-11,14,16-17,19-21,33H,4-6,8-9,12-13H2,1-3H3,(H2,31,37)(H,34,38)/t16-,19?,20?,21?/m1/s1. The quantitative estimate of drug-likeness (QED) is 0.393. The van der Waals surface area contributed by atoms with E-state index in [2.05, 4.69) is 20.5 Å². The number of nitrogens with two attached hydrogens (primary N) is 1. The first-order valence-corrected chi connectivity index (χ1v) is 14.0. The number of nitrogens with one attached hydrogen (secondary N) is 2. The second-order valence-electron chi connectivity index (χ2n) is 11.1. The number of hydrogen-bond acceptors (Lipinski definition) is 6. The molecule has 5 rings (SSSR count). The number of aromatic nitrogens is 1. The van der Waals surface area contributed by atoms with Crippen LogP contribution in [0.2, 0.25) is 5.02 Å². The number of pyridine rings is 1. The Bertz CT molecular complexity index is 1250. The minimum absolute atomic E-state index is 0.00391. The number of Topliss-reactive ketones (excluding diaryl/α,β-unsaturated/α-hetero) is 1. The highest BCUT2D eigenvalue weighted by atomic mass is 35.5. The number of carbonyl (C=O) groups excluding carboxylic acids is 3. The summed E-state index contributed by atoms with van der Waals surface area (Å²) in [5, 5.41) is 6.70. The normalized spacial score (nSPS) is 23.2. The molecule has 3 atom stereocenters. The lowest BCUT2D eigenvalue weighted by atomic mass is 9.95. The number of anilines is 2. The third-order valence-electron chi connectivity index (χ3n) is 8.27. The summed E-state index contributed by atoms with van der Waals surface area (Å²) in [7, 11) is 0. The third-order valence-corrected chi connectivity index (χ3v) is 8.65. The molecule has 0 spiro atoms. The first-order valence-electron chi connectivity index (χ1n) is 13.7. The molecule has 3 heterocycles. The van der Waals surface area contributed by atoms with Crippen LogP contribution in [0.3, 0.4) is 0 Å². The highest BCUT2D eigenvalue weighted by molar-refractivity contribution is 6.37. The predicted molar refractivity (Wildman–Crippen MR) is 149 cm³/mol. The van der Waals surface area contributed by atoms with Gasteiger partial charge in [0.15, 0.2) is 5.78 Å². The van der Waals surface area contributed by atoms with Crippen molar-refractivity contribution in [2.45, 2.75) is 89.9 Å². The van der Waals surface area contributed by atoms with Crippen LogP contribution < -0.4 is 21.3 Å². The number of fused-ring (bicyclic) bond motifs is 2. The number of primary amides is 1. The van der Waals surface area contributed by atoms with Crippen LogP contribution >= 0.6 is 11.6 Å². The zero-order valence-electron chi connectivity index (χ0n) is 22.2. The largest absolute Gasteiger partial charge is 0.381 e. The number of aryl methyl sites for hydroxylation is 1. The SMILES string of the molecule is CC[C@@H](C)Nc1c(C(N)=O)cc(C)c(C(=O)NC2CC3CCC(C2)N3c2ccc(C(=O)C3CC3)cn2)c1Cl. The number of rotatable bonds is 9. The number of amides is 2. The van der Waals surface area contributed by atoms with E-state index in [1.54, 1.807) is 19.2 Å². The summed E-state index contributed by atoms with van der Waals surface area (Å²) in [5.74, 6) is 0.458. The van der Waals surface area contributed by atoms with Gasteiger partial charge in [0.25, 0.3) is 11.8 Å². The maximum atomic E-state index is 13.5. The lowest BCUT2D eigenvalue weighted by Crippen LogP contribution is -2.51. The second kappa shape index (κ2) is 10.6. The molecule has 1 aromatic carbocycles. The summed E-state index contributed by atoms with van der Waals surface area (Å²) in [6.07, 6.45) is 8.20. The van der Waals surface area contributed by atoms with Crippen molar-refractivity contribution in [2.75, 3.05) is 10.2 Å². The molecule has 1 saturated carbocycles. The van der Waals surface area contributed by atoms with Gasteiger partial charge in [0, 0.05) is 41.8 Å². The van der Waals surface area contributed by atoms with Crippen LogP contribution in [0.1, 0.15) is 95.4 Å². The average Bonchev–Trinajstić information content (AvgIpc) is 3.70. The van der Waals surface area contributed by atoms with Gasteiger partial charge in [-0.1, -0.05) is 18.5 Å². The van der Waals surface area contributed by atoms with Gasteiger partial charge in [0.05, 0.1) is 21.8 Å². The third kappa shape index (κ3) is 5.10. The van der Waals surface area contributed by atoms with Crippen LogP contribution in [0.5, 0.6) is 0 Å². The van der Waals surface area contributed by atoms with E-state index in [9.17, 15) is 14.4 Å². The molecule has 38 heavy (non-hydrogen) atoms. The van der Waals surface area contributed by atoms with Crippen molar-refractivity contribution in [1.29, 1.82) is 0 Å². The van der Waals surface area contributed by atoms with E-state index in [1.807, 2.05) is 26.0 Å². The van der Waals surface area contributed by atoms with Crippen molar-refractivity contribution >= 4 is 40.7 Å². The molecule has 2 aromatic rings. The Hall–Kier alpha value is -3.13. The smallest absolute Gasteiger partial charge is 0.253 e. The molecule has 4 N–H and O–H groups in total. The number of ketones is 1. The van der Waals surface area contributed by atoms with Gasteiger partial charge in [-0.2, -0.15) is 0 Å². The molecule has 2 aliphatic heterocycles. The molecule has 2 amide bonds. The van der Waals surface area contributed by atoms with Gasteiger partial charge < -0.3 is 21.3 Å². The Morgan fingerprint density at radius 3 is 2.39 bits per heavy atom. The van der Waals surface area contributed by atoms with Crippen molar-refractivity contribution in [3.05, 3.63) is 51.7 Å². The summed E-state index contributed by atoms with van der Waals surface area (Å²) in [6.45, 7) is 5.78. The molecule has 1 aromatic heterocycles. The van der Waals surface area contributed by atoms with Crippen LogP contribution in [-0.4, -0.2) is 46.7 Å². The Morgan fingerprint density at radius 2 is 1.84 bits per heavy atom. The van der Waals surface area contributed by atoms with E-state index >= 15 is 0 Å². The van der Waals surface area contributed by atoms with Crippen LogP contribution in [0, 0.1) is 12.8 Å². The van der Waals surface area contributed by atoms with Gasteiger partial charge in [-0.3, -0.25) is 14.4 Å². The Labute approximate surface area is 228 Å². The summed E-state index contributed by atoms with van der Waals surface area (Å²) in [6, 6.07) is 6.12. The monoisotopic (exact) mass is 537 g/mol. The summed E-state index contributed by atoms with van der Waals surface area (Å²) in [4.78, 5) is 45.0. The van der Waals surface area contributed by atoms with E-state index in [1.165, 1.54) is 0 Å². The average molecular weight is 538 g/mol. The minimum Gasteiger partial charge on any atom is -0.381 e. The van der Waals surface area contributed by atoms with Gasteiger partial charge in [0.1, 0.15) is 5.82 Å². The highest BCUT2D eigenvalue weighted by Crippen LogP contribution is 2.40. The van der Waals surface area contributed by atoms with Crippen LogP contribution in [0.25, 0.3) is 0 Å². The number of benzene rings is 1. The number of carbonyl (C=O) groups is 3. The van der Waals surface area contributed by atoms with Gasteiger partial charge >= 0.3 is 0 Å². The second-order valence-corrected chi connectivity index (χ2v) is 11.5. The molecular formula is C29H36ClN5O3. The fourth-order valence-electron chi connectivity index (χ4n) is 5.93. The van der Waals surface area contributed by atoms with Crippen molar-refractivity contribution in [1.82, 2.24) is 10.3 Å². The molecule has 8 nitrogen and oxygen atoms in total. The molecule has 9 heteroatoms.